The van der Waals surface area contributed by atoms with E-state index in [1.165, 1.54) is 12.1 Å². The minimum absolute atomic E-state index is 0.181. The molecule has 0 atom stereocenters. The first kappa shape index (κ1) is 14.0. The van der Waals surface area contributed by atoms with Gasteiger partial charge in [-0.05, 0) is 18.2 Å². The SMILES string of the molecule is O=C1C(=O)N(CCOC(F)(F)F)c2cc(Br)ccc21. The summed E-state index contributed by atoms with van der Waals surface area (Å²) in [6.45, 7) is -1.07. The summed E-state index contributed by atoms with van der Waals surface area (Å²) in [4.78, 5) is 24.2. The van der Waals surface area contributed by atoms with Gasteiger partial charge in [-0.25, -0.2) is 0 Å². The quantitative estimate of drug-likeness (QED) is 0.796. The molecule has 0 radical (unpaired) electrons. The topological polar surface area (TPSA) is 46.6 Å². The van der Waals surface area contributed by atoms with Gasteiger partial charge in [-0.1, -0.05) is 15.9 Å². The van der Waals surface area contributed by atoms with Gasteiger partial charge in [-0.2, -0.15) is 0 Å². The number of ketones is 1. The first-order valence-corrected chi connectivity index (χ1v) is 5.95. The van der Waals surface area contributed by atoms with Gasteiger partial charge in [0.15, 0.2) is 0 Å². The molecule has 0 aliphatic carbocycles. The third-order valence-corrected chi connectivity index (χ3v) is 3.01. The van der Waals surface area contributed by atoms with Crippen LogP contribution in [-0.4, -0.2) is 31.2 Å². The summed E-state index contributed by atoms with van der Waals surface area (Å²) in [7, 11) is 0. The second-order valence-electron chi connectivity index (χ2n) is 3.74. The number of amides is 1. The first-order chi connectivity index (χ1) is 8.79. The Balaban J connectivity index is 2.16. The number of hydrogen-bond acceptors (Lipinski definition) is 3. The third kappa shape index (κ3) is 2.95. The maximum atomic E-state index is 11.9. The fourth-order valence-corrected chi connectivity index (χ4v) is 2.09. The van der Waals surface area contributed by atoms with Gasteiger partial charge in [0.1, 0.15) is 0 Å². The van der Waals surface area contributed by atoms with Crippen LogP contribution in [0.3, 0.4) is 0 Å². The highest BCUT2D eigenvalue weighted by Gasteiger charge is 2.36. The van der Waals surface area contributed by atoms with Gasteiger partial charge in [0, 0.05) is 4.47 Å². The van der Waals surface area contributed by atoms with Crippen molar-refractivity contribution in [3.63, 3.8) is 0 Å². The number of Topliss-reactive ketones (excluding diaryl/α,β-unsaturated/α-hetero) is 1. The number of halogens is 4. The van der Waals surface area contributed by atoms with E-state index in [1.807, 2.05) is 0 Å². The van der Waals surface area contributed by atoms with Crippen molar-refractivity contribution in [2.24, 2.45) is 0 Å². The van der Waals surface area contributed by atoms with Gasteiger partial charge >= 0.3 is 6.36 Å². The van der Waals surface area contributed by atoms with E-state index in [2.05, 4.69) is 20.7 Å². The smallest absolute Gasteiger partial charge is 0.302 e. The van der Waals surface area contributed by atoms with Crippen molar-refractivity contribution in [3.05, 3.63) is 28.2 Å². The number of benzene rings is 1. The van der Waals surface area contributed by atoms with Crippen LogP contribution in [0.15, 0.2) is 22.7 Å². The first-order valence-electron chi connectivity index (χ1n) is 5.16. The van der Waals surface area contributed by atoms with Crippen molar-refractivity contribution >= 4 is 33.3 Å². The number of fused-ring (bicyclic) bond motifs is 1. The summed E-state index contributed by atoms with van der Waals surface area (Å²) in [5, 5.41) is 0. The fourth-order valence-electron chi connectivity index (χ4n) is 1.74. The number of alkyl halides is 3. The van der Waals surface area contributed by atoms with E-state index in [-0.39, 0.29) is 17.8 Å². The van der Waals surface area contributed by atoms with Gasteiger partial charge in [0.05, 0.1) is 24.4 Å². The summed E-state index contributed by atoms with van der Waals surface area (Å²) in [6.07, 6.45) is -4.76. The monoisotopic (exact) mass is 337 g/mol. The molecule has 2 rings (SSSR count). The van der Waals surface area contributed by atoms with E-state index in [0.717, 1.165) is 4.90 Å². The molecule has 0 saturated heterocycles. The maximum Gasteiger partial charge on any atom is 0.522 e. The lowest BCUT2D eigenvalue weighted by molar-refractivity contribution is -0.323. The molecule has 8 heteroatoms. The van der Waals surface area contributed by atoms with Crippen LogP contribution in [0.2, 0.25) is 0 Å². The Morgan fingerprint density at radius 2 is 1.95 bits per heavy atom. The van der Waals surface area contributed by atoms with Crippen molar-refractivity contribution in [2.75, 3.05) is 18.1 Å². The Hall–Kier alpha value is -1.41. The standard InChI is InChI=1S/C11H7BrF3NO3/c12-6-1-2-7-8(5-6)16(10(18)9(7)17)3-4-19-11(13,14)15/h1-2,5H,3-4H2. The molecule has 19 heavy (non-hydrogen) atoms. The number of rotatable bonds is 3. The van der Waals surface area contributed by atoms with E-state index in [0.29, 0.717) is 4.47 Å². The van der Waals surface area contributed by atoms with E-state index >= 15 is 0 Å². The minimum Gasteiger partial charge on any atom is -0.302 e. The number of anilines is 1. The molecule has 0 fully saturated rings. The molecule has 0 unspecified atom stereocenters. The highest BCUT2D eigenvalue weighted by atomic mass is 79.9. The largest absolute Gasteiger partial charge is 0.522 e. The van der Waals surface area contributed by atoms with E-state index in [1.54, 1.807) is 6.07 Å². The van der Waals surface area contributed by atoms with Gasteiger partial charge in [0.2, 0.25) is 0 Å². The summed E-state index contributed by atoms with van der Waals surface area (Å²) >= 11 is 3.17. The molecule has 4 nitrogen and oxygen atoms in total. The van der Waals surface area contributed by atoms with Gasteiger partial charge in [-0.15, -0.1) is 13.2 Å². The average Bonchev–Trinajstić information content (AvgIpc) is 2.52. The Labute approximate surface area is 114 Å². The van der Waals surface area contributed by atoms with Crippen LogP contribution >= 0.6 is 15.9 Å². The van der Waals surface area contributed by atoms with E-state index in [4.69, 9.17) is 0 Å². The number of hydrogen-bond donors (Lipinski definition) is 0. The third-order valence-electron chi connectivity index (χ3n) is 2.52. The molecule has 1 amide bonds. The van der Waals surface area contributed by atoms with Crippen LogP contribution < -0.4 is 4.90 Å². The molecule has 0 spiro atoms. The summed E-state index contributed by atoms with van der Waals surface area (Å²) in [6, 6.07) is 4.54. The predicted octanol–water partition coefficient (Wildman–Crippen LogP) is 2.51. The highest BCUT2D eigenvalue weighted by molar-refractivity contribution is 9.10. The normalized spacial score (nSPS) is 15.1. The lowest BCUT2D eigenvalue weighted by atomic mass is 10.1. The number of ether oxygens (including phenoxy) is 1. The van der Waals surface area contributed by atoms with Crippen LogP contribution in [0.4, 0.5) is 18.9 Å². The van der Waals surface area contributed by atoms with Crippen molar-refractivity contribution in [2.45, 2.75) is 6.36 Å². The van der Waals surface area contributed by atoms with Gasteiger partial charge in [0.25, 0.3) is 11.7 Å². The van der Waals surface area contributed by atoms with Gasteiger partial charge in [-0.3, -0.25) is 14.3 Å². The predicted molar refractivity (Wildman–Crippen MR) is 62.8 cm³/mol. The summed E-state index contributed by atoms with van der Waals surface area (Å²) < 4.78 is 39.8. The molecule has 102 valence electrons. The molecule has 1 heterocycles. The number of nitrogens with zero attached hydrogens (tertiary/aromatic N) is 1. The summed E-state index contributed by atoms with van der Waals surface area (Å²) in [5.41, 5.74) is 0.468. The molecular weight excluding hydrogens is 331 g/mol. The molecule has 1 aromatic rings. The Bertz CT molecular complexity index is 544. The zero-order chi connectivity index (χ0) is 14.2. The Morgan fingerprint density at radius 1 is 1.26 bits per heavy atom. The van der Waals surface area contributed by atoms with Crippen molar-refractivity contribution in [1.29, 1.82) is 0 Å². The van der Waals surface area contributed by atoms with Crippen molar-refractivity contribution in [1.82, 2.24) is 0 Å². The molecule has 0 aromatic heterocycles. The van der Waals surface area contributed by atoms with Crippen LogP contribution in [0, 0.1) is 0 Å². The molecule has 0 bridgehead atoms. The van der Waals surface area contributed by atoms with Crippen molar-refractivity contribution < 1.29 is 27.5 Å². The fraction of sp³-hybridized carbons (Fsp3) is 0.273. The molecule has 1 aliphatic rings. The minimum atomic E-state index is -4.76. The lowest BCUT2D eigenvalue weighted by Gasteiger charge is -2.17. The lowest BCUT2D eigenvalue weighted by Crippen LogP contribution is -2.34. The maximum absolute atomic E-state index is 11.9. The molecule has 0 N–H and O–H groups in total. The second kappa shape index (κ2) is 4.93. The number of carbonyl (C=O) groups is 2. The van der Waals surface area contributed by atoms with E-state index < -0.39 is 24.7 Å². The molecule has 1 aromatic carbocycles. The van der Waals surface area contributed by atoms with Crippen LogP contribution in [-0.2, 0) is 9.53 Å². The van der Waals surface area contributed by atoms with Crippen LogP contribution in [0.25, 0.3) is 0 Å². The summed E-state index contributed by atoms with van der Waals surface area (Å²) in [5.74, 6) is -1.58. The zero-order valence-electron chi connectivity index (χ0n) is 9.33. The molecular formula is C11H7BrF3NO3. The number of carbonyl (C=O) groups excluding carboxylic acids is 2. The van der Waals surface area contributed by atoms with Crippen LogP contribution in [0.5, 0.6) is 0 Å². The molecule has 0 saturated carbocycles. The van der Waals surface area contributed by atoms with Crippen LogP contribution in [0.1, 0.15) is 10.4 Å². The Kier molecular flexibility index (Phi) is 3.64. The zero-order valence-corrected chi connectivity index (χ0v) is 10.9. The second-order valence-corrected chi connectivity index (χ2v) is 4.66. The highest BCUT2D eigenvalue weighted by Crippen LogP contribution is 2.31. The average molecular weight is 338 g/mol. The van der Waals surface area contributed by atoms with Crippen molar-refractivity contribution in [3.8, 4) is 0 Å². The van der Waals surface area contributed by atoms with Gasteiger partial charge < -0.3 is 4.90 Å². The molecule has 1 aliphatic heterocycles. The van der Waals surface area contributed by atoms with E-state index in [9.17, 15) is 22.8 Å². The Morgan fingerprint density at radius 3 is 2.58 bits per heavy atom.